The van der Waals surface area contributed by atoms with Crippen molar-refractivity contribution in [3.63, 3.8) is 0 Å². The number of aromatic amines is 1. The van der Waals surface area contributed by atoms with Gasteiger partial charge in [0.25, 0.3) is 5.56 Å². The smallest absolute Gasteiger partial charge is 0.283 e. The molecule has 1 heterocycles. The van der Waals surface area contributed by atoms with Gasteiger partial charge < -0.3 is 10.1 Å². The number of aromatic nitrogens is 2. The summed E-state index contributed by atoms with van der Waals surface area (Å²) in [5.74, 6) is -0.148. The van der Waals surface area contributed by atoms with E-state index in [1.165, 1.54) is 0 Å². The normalized spacial score (nSPS) is 13.7. The second kappa shape index (κ2) is 7.31. The van der Waals surface area contributed by atoms with Gasteiger partial charge in [-0.15, -0.1) is 5.11 Å². The molecule has 0 amide bonds. The highest BCUT2D eigenvalue weighted by atomic mass is 16.3. The van der Waals surface area contributed by atoms with E-state index in [9.17, 15) is 9.90 Å². The van der Waals surface area contributed by atoms with Crippen LogP contribution in [0.3, 0.4) is 0 Å². The Morgan fingerprint density at radius 1 is 1.13 bits per heavy atom. The van der Waals surface area contributed by atoms with E-state index >= 15 is 0 Å². The van der Waals surface area contributed by atoms with Crippen LogP contribution in [-0.2, 0) is 0 Å². The van der Waals surface area contributed by atoms with Gasteiger partial charge in [-0.1, -0.05) is 49.9 Å². The highest BCUT2D eigenvalue weighted by Crippen LogP contribution is 2.23. The second-order valence-electron chi connectivity index (χ2n) is 4.76. The molecule has 0 radical (unpaired) electrons. The van der Waals surface area contributed by atoms with Crippen molar-refractivity contribution in [3.05, 3.63) is 64.6 Å². The molecule has 0 aliphatic heterocycles. The van der Waals surface area contributed by atoms with Gasteiger partial charge in [0.05, 0.1) is 5.70 Å². The maximum atomic E-state index is 12.1. The molecule has 3 rings (SSSR count). The van der Waals surface area contributed by atoms with Crippen molar-refractivity contribution in [1.82, 2.24) is 9.97 Å². The van der Waals surface area contributed by atoms with Crippen LogP contribution in [0.1, 0.15) is 20.3 Å². The lowest BCUT2D eigenvalue weighted by molar-refractivity contribution is 0.453. The van der Waals surface area contributed by atoms with Gasteiger partial charge >= 0.3 is 0 Å². The molecule has 6 nitrogen and oxygen atoms in total. The Kier molecular flexibility index (Phi) is 5.19. The first-order valence-electron chi connectivity index (χ1n) is 6.91. The Hall–Kier alpha value is -3.02. The second-order valence-corrected chi connectivity index (χ2v) is 4.76. The summed E-state index contributed by atoms with van der Waals surface area (Å²) in [5.41, 5.74) is 0.642. The van der Waals surface area contributed by atoms with Crippen molar-refractivity contribution < 1.29 is 5.11 Å². The van der Waals surface area contributed by atoms with Crippen LogP contribution < -0.4 is 5.56 Å². The Morgan fingerprint density at radius 2 is 1.91 bits per heavy atom. The first-order chi connectivity index (χ1) is 10.7. The molecule has 0 saturated heterocycles. The molecule has 0 unspecified atom stereocenters. The van der Waals surface area contributed by atoms with Crippen molar-refractivity contribution in [1.29, 1.82) is 0 Å². The molecular formula is C17H18N4O2. The quantitative estimate of drug-likeness (QED) is 0.836. The third kappa shape index (κ3) is 3.79. The third-order valence-electron chi connectivity index (χ3n) is 3.16. The van der Waals surface area contributed by atoms with E-state index in [1.54, 1.807) is 12.1 Å². The summed E-state index contributed by atoms with van der Waals surface area (Å²) in [5, 5.41) is 17.7. The number of nitrogens with one attached hydrogen (secondary N) is 1. The van der Waals surface area contributed by atoms with Gasteiger partial charge in [0.1, 0.15) is 5.82 Å². The van der Waals surface area contributed by atoms with Crippen LogP contribution in [0.5, 0.6) is 5.88 Å². The number of aromatic hydroxyl groups is 1. The lowest BCUT2D eigenvalue weighted by Gasteiger charge is -2.03. The number of allylic oxidation sites excluding steroid dienone is 3. The van der Waals surface area contributed by atoms with E-state index in [2.05, 4.69) is 20.2 Å². The molecule has 6 heteroatoms. The monoisotopic (exact) mass is 310 g/mol. The van der Waals surface area contributed by atoms with Crippen LogP contribution in [0.15, 0.2) is 69.3 Å². The fourth-order valence-electron chi connectivity index (χ4n) is 2.06. The Balaban J connectivity index is 0.00000192. The highest BCUT2D eigenvalue weighted by molar-refractivity contribution is 5.57. The summed E-state index contributed by atoms with van der Waals surface area (Å²) >= 11 is 0. The van der Waals surface area contributed by atoms with Crippen LogP contribution in [-0.4, -0.2) is 15.1 Å². The Labute approximate surface area is 134 Å². The fourth-order valence-corrected chi connectivity index (χ4v) is 2.06. The van der Waals surface area contributed by atoms with Crippen molar-refractivity contribution in [3.8, 4) is 17.3 Å². The SMILES string of the molecule is C.O=c1[nH]c(-c2ccccc2)nc(O)c1N=NC1=CCCC=C1. The summed E-state index contributed by atoms with van der Waals surface area (Å²) in [7, 11) is 0. The lowest BCUT2D eigenvalue weighted by Crippen LogP contribution is -2.08. The first kappa shape index (κ1) is 16.4. The standard InChI is InChI=1S/C16H14N4O2.CH4/c21-15-13(20-19-12-9-5-2-6-10-12)16(22)18-14(17-15)11-7-3-1-4-8-11;/h1,3-5,7-10H,2,6H2,(H2,17,18,21,22);1H4. The molecule has 0 fully saturated rings. The van der Waals surface area contributed by atoms with Gasteiger partial charge in [-0.25, -0.2) is 0 Å². The van der Waals surface area contributed by atoms with Gasteiger partial charge in [0.2, 0.25) is 11.6 Å². The van der Waals surface area contributed by atoms with Crippen LogP contribution >= 0.6 is 0 Å². The summed E-state index contributed by atoms with van der Waals surface area (Å²) in [6, 6.07) is 9.08. The van der Waals surface area contributed by atoms with Crippen LogP contribution in [0, 0.1) is 0 Å². The van der Waals surface area contributed by atoms with Crippen LogP contribution in [0.4, 0.5) is 5.69 Å². The first-order valence-corrected chi connectivity index (χ1v) is 6.91. The predicted molar refractivity (Wildman–Crippen MR) is 89.7 cm³/mol. The predicted octanol–water partition coefficient (Wildman–Crippen LogP) is 4.10. The minimum Gasteiger partial charge on any atom is -0.491 e. The molecule has 0 spiro atoms. The van der Waals surface area contributed by atoms with E-state index in [1.807, 2.05) is 36.4 Å². The molecule has 23 heavy (non-hydrogen) atoms. The summed E-state index contributed by atoms with van der Waals surface area (Å²) < 4.78 is 0. The third-order valence-corrected chi connectivity index (χ3v) is 3.16. The number of hydrogen-bond acceptors (Lipinski definition) is 5. The number of azo groups is 1. The fraction of sp³-hybridized carbons (Fsp3) is 0.176. The topological polar surface area (TPSA) is 90.7 Å². The van der Waals surface area contributed by atoms with Gasteiger partial charge in [-0.2, -0.15) is 10.1 Å². The van der Waals surface area contributed by atoms with Crippen molar-refractivity contribution in [2.45, 2.75) is 20.3 Å². The summed E-state index contributed by atoms with van der Waals surface area (Å²) in [6.45, 7) is 0. The van der Waals surface area contributed by atoms with Gasteiger partial charge in [0, 0.05) is 5.56 Å². The van der Waals surface area contributed by atoms with Gasteiger partial charge in [-0.3, -0.25) is 4.79 Å². The number of rotatable bonds is 3. The Bertz CT molecular complexity index is 820. The number of benzene rings is 1. The molecule has 1 aromatic carbocycles. The molecular weight excluding hydrogens is 292 g/mol. The van der Waals surface area contributed by atoms with Crippen molar-refractivity contribution in [2.24, 2.45) is 10.2 Å². The molecule has 2 aromatic rings. The van der Waals surface area contributed by atoms with E-state index in [0.717, 1.165) is 12.8 Å². The van der Waals surface area contributed by atoms with E-state index in [-0.39, 0.29) is 13.1 Å². The molecule has 1 aliphatic rings. The van der Waals surface area contributed by atoms with Crippen LogP contribution in [0.25, 0.3) is 11.4 Å². The molecule has 1 aromatic heterocycles. The minimum atomic E-state index is -0.532. The summed E-state index contributed by atoms with van der Waals surface area (Å²) in [6.07, 6.45) is 7.58. The average Bonchev–Trinajstić information content (AvgIpc) is 2.56. The number of hydrogen-bond donors (Lipinski definition) is 2. The molecule has 2 N–H and O–H groups in total. The maximum Gasteiger partial charge on any atom is 0.283 e. The van der Waals surface area contributed by atoms with Gasteiger partial charge in [-0.05, 0) is 18.9 Å². The zero-order valence-corrected chi connectivity index (χ0v) is 11.7. The van der Waals surface area contributed by atoms with E-state index in [4.69, 9.17) is 0 Å². The van der Waals surface area contributed by atoms with Crippen molar-refractivity contribution in [2.75, 3.05) is 0 Å². The summed E-state index contributed by atoms with van der Waals surface area (Å²) in [4.78, 5) is 18.6. The minimum absolute atomic E-state index is 0. The number of nitrogens with zero attached hydrogens (tertiary/aromatic N) is 3. The van der Waals surface area contributed by atoms with E-state index in [0.29, 0.717) is 17.1 Å². The van der Waals surface area contributed by atoms with Crippen molar-refractivity contribution >= 4 is 5.69 Å². The zero-order valence-electron chi connectivity index (χ0n) is 11.7. The molecule has 0 atom stereocenters. The molecule has 118 valence electrons. The maximum absolute atomic E-state index is 12.1. The van der Waals surface area contributed by atoms with E-state index < -0.39 is 11.4 Å². The molecule has 1 aliphatic carbocycles. The molecule has 0 bridgehead atoms. The number of H-pyrrole nitrogens is 1. The molecule has 0 saturated carbocycles. The Morgan fingerprint density at radius 3 is 2.57 bits per heavy atom. The van der Waals surface area contributed by atoms with Crippen LogP contribution in [0.2, 0.25) is 0 Å². The highest BCUT2D eigenvalue weighted by Gasteiger charge is 2.11. The largest absolute Gasteiger partial charge is 0.491 e. The van der Waals surface area contributed by atoms with Gasteiger partial charge in [0.15, 0.2) is 0 Å². The zero-order chi connectivity index (χ0) is 15.4. The average molecular weight is 310 g/mol. The lowest BCUT2D eigenvalue weighted by atomic mass is 10.2.